The molecule has 0 saturated carbocycles. The van der Waals surface area contributed by atoms with Gasteiger partial charge in [-0.15, -0.1) is 0 Å². The number of fused-ring (bicyclic) bond motifs is 6. The zero-order valence-corrected chi connectivity index (χ0v) is 29.0. The van der Waals surface area contributed by atoms with Crippen LogP contribution in [0.15, 0.2) is 198 Å². The zero-order valence-electron chi connectivity index (χ0n) is 28.1. The van der Waals surface area contributed by atoms with Crippen LogP contribution in [0.5, 0.6) is 0 Å². The van der Waals surface area contributed by atoms with Gasteiger partial charge in [-0.25, -0.2) is 0 Å². The molecule has 3 aromatic heterocycles. The highest BCUT2D eigenvalue weighted by molar-refractivity contribution is 8.31. The van der Waals surface area contributed by atoms with Gasteiger partial charge >= 0.3 is 0 Å². The SMILES string of the molecule is c1ccc(-c2ccc(-n3c4ccc5c6ccccc6n6c5c4c4c3ccc3c5ccccc5n(c34)S6(c3ccccc3)c3ccccc3)cc2)cc1. The van der Waals surface area contributed by atoms with Crippen molar-refractivity contribution in [1.29, 1.82) is 0 Å². The van der Waals surface area contributed by atoms with Crippen molar-refractivity contribution in [2.24, 2.45) is 0 Å². The fourth-order valence-electron chi connectivity index (χ4n) is 9.13. The van der Waals surface area contributed by atoms with Crippen LogP contribution in [0.25, 0.3) is 82.2 Å². The molecule has 0 bridgehead atoms. The van der Waals surface area contributed by atoms with E-state index in [-0.39, 0.29) is 0 Å². The number of benzene rings is 8. The third-order valence-corrected chi connectivity index (χ3v) is 14.9. The maximum atomic E-state index is 2.76. The molecule has 8 aromatic carbocycles. The summed E-state index contributed by atoms with van der Waals surface area (Å²) in [5.41, 5.74) is 11.1. The highest BCUT2D eigenvalue weighted by atomic mass is 32.3. The number of hydrogen-bond donors (Lipinski definition) is 0. The first-order valence-electron chi connectivity index (χ1n) is 17.9. The molecule has 12 rings (SSSR count). The van der Waals surface area contributed by atoms with Gasteiger partial charge in [0.2, 0.25) is 0 Å². The van der Waals surface area contributed by atoms with Gasteiger partial charge in [0.25, 0.3) is 0 Å². The maximum Gasteiger partial charge on any atom is 0.0712 e. The van der Waals surface area contributed by atoms with Crippen LogP contribution in [0.3, 0.4) is 0 Å². The fraction of sp³-hybridized carbons (Fsp3) is 0. The molecular formula is C48H31N3S. The van der Waals surface area contributed by atoms with Crippen LogP contribution in [-0.4, -0.2) is 12.5 Å². The van der Waals surface area contributed by atoms with E-state index in [0.29, 0.717) is 0 Å². The molecule has 52 heavy (non-hydrogen) atoms. The standard InChI is InChI=1S/C48H31N3S/c1-4-14-32(15-5-1)33-24-26-34(27-25-33)49-43-30-28-39-37-20-10-12-22-41(37)50-47(39)45(43)46-44(49)31-29-40-38-21-11-13-23-42(38)51(48(40)46)52(50,35-16-6-2-7-17-35)36-18-8-3-9-19-36/h1-31H. The molecule has 0 unspecified atom stereocenters. The Morgan fingerprint density at radius 3 is 1.23 bits per heavy atom. The quantitative estimate of drug-likeness (QED) is 0.176. The van der Waals surface area contributed by atoms with Gasteiger partial charge in [0, 0.05) is 47.8 Å². The third-order valence-electron chi connectivity index (χ3n) is 11.2. The molecule has 4 heterocycles. The number of rotatable bonds is 4. The summed E-state index contributed by atoms with van der Waals surface area (Å²) in [5.74, 6) is 0. The van der Waals surface area contributed by atoms with Crippen LogP contribution in [0, 0.1) is 0 Å². The number of aromatic nitrogens is 3. The highest BCUT2D eigenvalue weighted by Gasteiger charge is 2.41. The number of nitrogens with zero attached hydrogens (tertiary/aromatic N) is 3. The van der Waals surface area contributed by atoms with E-state index in [4.69, 9.17) is 0 Å². The summed E-state index contributed by atoms with van der Waals surface area (Å²) in [6.07, 6.45) is 0. The second-order valence-electron chi connectivity index (χ2n) is 13.8. The van der Waals surface area contributed by atoms with Gasteiger partial charge in [-0.3, -0.25) is 7.94 Å². The summed E-state index contributed by atoms with van der Waals surface area (Å²) in [6, 6.07) is 69.9. The Morgan fingerprint density at radius 2 is 0.731 bits per heavy atom. The Labute approximate surface area is 301 Å². The van der Waals surface area contributed by atoms with Gasteiger partial charge in [0.1, 0.15) is 0 Å². The molecule has 244 valence electrons. The third kappa shape index (κ3) is 3.43. The van der Waals surface area contributed by atoms with Crippen LogP contribution in [-0.2, 0) is 0 Å². The molecule has 0 saturated heterocycles. The second-order valence-corrected chi connectivity index (χ2v) is 16.5. The van der Waals surface area contributed by atoms with Crippen molar-refractivity contribution in [3.05, 3.63) is 188 Å². The highest BCUT2D eigenvalue weighted by Crippen LogP contribution is 2.70. The Bertz CT molecular complexity index is 3030. The monoisotopic (exact) mass is 681 g/mol. The van der Waals surface area contributed by atoms with E-state index in [9.17, 15) is 0 Å². The molecule has 0 fully saturated rings. The molecular weight excluding hydrogens is 651 g/mol. The Hall–Kier alpha value is -6.49. The normalized spacial score (nSPS) is 14.2. The molecule has 11 aromatic rings. The average molecular weight is 682 g/mol. The first-order chi connectivity index (χ1) is 25.8. The van der Waals surface area contributed by atoms with Crippen LogP contribution >= 0.6 is 10.4 Å². The van der Waals surface area contributed by atoms with Gasteiger partial charge in [0.05, 0.1) is 33.1 Å². The molecule has 0 spiro atoms. The zero-order chi connectivity index (χ0) is 34.0. The van der Waals surface area contributed by atoms with E-state index in [2.05, 4.69) is 201 Å². The lowest BCUT2D eigenvalue weighted by molar-refractivity contribution is 1.16. The first kappa shape index (κ1) is 28.2. The number of para-hydroxylation sites is 2. The van der Waals surface area contributed by atoms with E-state index in [1.807, 2.05) is 0 Å². The summed E-state index contributed by atoms with van der Waals surface area (Å²) in [4.78, 5) is 2.60. The van der Waals surface area contributed by atoms with E-state index >= 15 is 0 Å². The minimum atomic E-state index is -2.18. The summed E-state index contributed by atoms with van der Waals surface area (Å²) in [5, 5.41) is 7.76. The van der Waals surface area contributed by atoms with Gasteiger partial charge in [-0.2, -0.15) is 0 Å². The first-order valence-corrected chi connectivity index (χ1v) is 19.4. The van der Waals surface area contributed by atoms with Gasteiger partial charge in [-0.05, 0) is 82.2 Å². The topological polar surface area (TPSA) is 14.8 Å². The van der Waals surface area contributed by atoms with Crippen molar-refractivity contribution in [3.63, 3.8) is 0 Å². The summed E-state index contributed by atoms with van der Waals surface area (Å²) >= 11 is 0. The van der Waals surface area contributed by atoms with Gasteiger partial charge < -0.3 is 4.57 Å². The summed E-state index contributed by atoms with van der Waals surface area (Å²) < 4.78 is 8.02. The Balaban J connectivity index is 1.36. The molecule has 4 heteroatoms. The lowest BCUT2D eigenvalue weighted by Gasteiger charge is -2.45. The van der Waals surface area contributed by atoms with Crippen LogP contribution in [0.4, 0.5) is 0 Å². The fourth-order valence-corrected chi connectivity index (χ4v) is 13.3. The van der Waals surface area contributed by atoms with Crippen molar-refractivity contribution in [2.45, 2.75) is 9.79 Å². The molecule has 0 atom stereocenters. The Kier molecular flexibility index (Phi) is 5.58. The van der Waals surface area contributed by atoms with E-state index in [1.165, 1.54) is 86.3 Å². The van der Waals surface area contributed by atoms with Crippen molar-refractivity contribution < 1.29 is 0 Å². The van der Waals surface area contributed by atoms with Crippen molar-refractivity contribution in [2.75, 3.05) is 0 Å². The van der Waals surface area contributed by atoms with Gasteiger partial charge in [-0.1, -0.05) is 127 Å². The molecule has 0 aliphatic carbocycles. The van der Waals surface area contributed by atoms with Crippen LogP contribution < -0.4 is 0 Å². The molecule has 0 amide bonds. The number of hydrogen-bond acceptors (Lipinski definition) is 0. The van der Waals surface area contributed by atoms with E-state index < -0.39 is 10.4 Å². The lowest BCUT2D eigenvalue weighted by atomic mass is 10.1. The minimum Gasteiger partial charge on any atom is -0.309 e. The summed E-state index contributed by atoms with van der Waals surface area (Å²) in [6.45, 7) is 0. The van der Waals surface area contributed by atoms with Gasteiger partial charge in [0.15, 0.2) is 0 Å². The van der Waals surface area contributed by atoms with Crippen molar-refractivity contribution >= 4 is 75.8 Å². The van der Waals surface area contributed by atoms with Crippen molar-refractivity contribution in [3.8, 4) is 16.8 Å². The minimum absolute atomic E-state index is 1.16. The Morgan fingerprint density at radius 1 is 0.308 bits per heavy atom. The molecule has 1 aliphatic heterocycles. The molecule has 0 N–H and O–H groups in total. The van der Waals surface area contributed by atoms with Crippen LogP contribution in [0.2, 0.25) is 0 Å². The van der Waals surface area contributed by atoms with E-state index in [0.717, 1.165) is 5.69 Å². The lowest BCUT2D eigenvalue weighted by Crippen LogP contribution is -2.19. The molecule has 3 nitrogen and oxygen atoms in total. The average Bonchev–Trinajstić information content (AvgIpc) is 3.83. The largest absolute Gasteiger partial charge is 0.309 e. The predicted octanol–water partition coefficient (Wildman–Crippen LogP) is 13.1. The molecule has 0 radical (unpaired) electrons. The summed E-state index contributed by atoms with van der Waals surface area (Å²) in [7, 11) is -2.18. The smallest absolute Gasteiger partial charge is 0.0712 e. The van der Waals surface area contributed by atoms with E-state index in [1.54, 1.807) is 0 Å². The van der Waals surface area contributed by atoms with Crippen LogP contribution in [0.1, 0.15) is 0 Å². The molecule has 1 aliphatic rings. The second kappa shape index (κ2) is 10.3. The maximum absolute atomic E-state index is 2.76. The predicted molar refractivity (Wildman–Crippen MR) is 220 cm³/mol. The van der Waals surface area contributed by atoms with Crippen molar-refractivity contribution in [1.82, 2.24) is 12.5 Å².